The Labute approximate surface area is 107 Å². The van der Waals surface area contributed by atoms with Gasteiger partial charge in [-0.15, -0.1) is 0 Å². The highest BCUT2D eigenvalue weighted by Gasteiger charge is 2.16. The van der Waals surface area contributed by atoms with Crippen LogP contribution in [0.3, 0.4) is 0 Å². The quantitative estimate of drug-likeness (QED) is 0.643. The minimum Gasteiger partial charge on any atom is -0.380 e. The second-order valence-corrected chi connectivity index (χ2v) is 4.62. The molecule has 1 aromatic rings. The number of nitro benzene ring substituents is 1. The summed E-state index contributed by atoms with van der Waals surface area (Å²) in [7, 11) is 0. The van der Waals surface area contributed by atoms with Crippen LogP contribution in [0.1, 0.15) is 25.3 Å². The van der Waals surface area contributed by atoms with Crippen LogP contribution in [0.15, 0.2) is 18.2 Å². The number of nitrogens with zero attached hydrogens (tertiary/aromatic N) is 2. The summed E-state index contributed by atoms with van der Waals surface area (Å²) in [5, 5.41) is 14.1. The SMILES string of the molecule is CCNc1ccc(CN2CCCC2)cc1[N+](=O)[O-]. The first-order valence-corrected chi connectivity index (χ1v) is 6.44. The molecule has 0 spiro atoms. The molecule has 2 rings (SSSR count). The zero-order valence-corrected chi connectivity index (χ0v) is 10.7. The van der Waals surface area contributed by atoms with Gasteiger partial charge in [0, 0.05) is 19.2 Å². The molecule has 0 radical (unpaired) electrons. The van der Waals surface area contributed by atoms with E-state index in [9.17, 15) is 10.1 Å². The maximum absolute atomic E-state index is 11.0. The standard InChI is InChI=1S/C13H19N3O2/c1-2-14-12-6-5-11(9-13(12)16(17)18)10-15-7-3-4-8-15/h5-6,9,14H,2-4,7-8,10H2,1H3. The van der Waals surface area contributed by atoms with Crippen LogP contribution in [0.25, 0.3) is 0 Å². The van der Waals surface area contributed by atoms with E-state index < -0.39 is 0 Å². The molecule has 1 aliphatic rings. The zero-order valence-electron chi connectivity index (χ0n) is 10.7. The molecule has 98 valence electrons. The molecule has 1 aromatic carbocycles. The molecule has 0 bridgehead atoms. The monoisotopic (exact) mass is 249 g/mol. The van der Waals surface area contributed by atoms with E-state index >= 15 is 0 Å². The summed E-state index contributed by atoms with van der Waals surface area (Å²) in [6.07, 6.45) is 2.47. The molecule has 18 heavy (non-hydrogen) atoms. The third-order valence-electron chi connectivity index (χ3n) is 3.23. The number of hydrogen-bond donors (Lipinski definition) is 1. The van der Waals surface area contributed by atoms with Crippen molar-refractivity contribution in [2.45, 2.75) is 26.3 Å². The lowest BCUT2D eigenvalue weighted by atomic mass is 10.1. The van der Waals surface area contributed by atoms with Crippen molar-refractivity contribution >= 4 is 11.4 Å². The molecule has 0 aromatic heterocycles. The number of nitrogens with one attached hydrogen (secondary N) is 1. The van der Waals surface area contributed by atoms with Crippen LogP contribution in [0.2, 0.25) is 0 Å². The van der Waals surface area contributed by atoms with E-state index in [4.69, 9.17) is 0 Å². The number of rotatable bonds is 5. The Morgan fingerprint density at radius 3 is 2.72 bits per heavy atom. The third-order valence-corrected chi connectivity index (χ3v) is 3.23. The summed E-state index contributed by atoms with van der Waals surface area (Å²) >= 11 is 0. The van der Waals surface area contributed by atoms with Crippen molar-refractivity contribution in [3.8, 4) is 0 Å². The molecular weight excluding hydrogens is 230 g/mol. The first-order chi connectivity index (χ1) is 8.70. The fourth-order valence-electron chi connectivity index (χ4n) is 2.37. The smallest absolute Gasteiger partial charge is 0.292 e. The lowest BCUT2D eigenvalue weighted by molar-refractivity contribution is -0.384. The van der Waals surface area contributed by atoms with Gasteiger partial charge in [-0.1, -0.05) is 6.07 Å². The summed E-state index contributed by atoms with van der Waals surface area (Å²) in [6, 6.07) is 5.48. The lowest BCUT2D eigenvalue weighted by Gasteiger charge is -2.15. The molecule has 1 saturated heterocycles. The highest BCUT2D eigenvalue weighted by Crippen LogP contribution is 2.26. The van der Waals surface area contributed by atoms with E-state index in [1.54, 1.807) is 6.07 Å². The van der Waals surface area contributed by atoms with Crippen LogP contribution >= 0.6 is 0 Å². The van der Waals surface area contributed by atoms with E-state index in [-0.39, 0.29) is 10.6 Å². The molecule has 5 nitrogen and oxygen atoms in total. The molecule has 5 heteroatoms. The maximum atomic E-state index is 11.0. The fourth-order valence-corrected chi connectivity index (χ4v) is 2.37. The lowest BCUT2D eigenvalue weighted by Crippen LogP contribution is -2.18. The van der Waals surface area contributed by atoms with Gasteiger partial charge in [0.1, 0.15) is 5.69 Å². The highest BCUT2D eigenvalue weighted by atomic mass is 16.6. The first kappa shape index (κ1) is 12.8. The largest absolute Gasteiger partial charge is 0.380 e. The van der Waals surface area contributed by atoms with Crippen LogP contribution in [0.4, 0.5) is 11.4 Å². The first-order valence-electron chi connectivity index (χ1n) is 6.44. The summed E-state index contributed by atoms with van der Waals surface area (Å²) in [4.78, 5) is 13.1. The molecule has 1 heterocycles. The second-order valence-electron chi connectivity index (χ2n) is 4.62. The van der Waals surface area contributed by atoms with Crippen molar-refractivity contribution < 1.29 is 4.92 Å². The fraction of sp³-hybridized carbons (Fsp3) is 0.538. The van der Waals surface area contributed by atoms with E-state index in [0.29, 0.717) is 12.2 Å². The van der Waals surface area contributed by atoms with Crippen molar-refractivity contribution in [2.75, 3.05) is 25.0 Å². The van der Waals surface area contributed by atoms with Crippen LogP contribution in [-0.2, 0) is 6.54 Å². The summed E-state index contributed by atoms with van der Waals surface area (Å²) in [5.74, 6) is 0. The summed E-state index contributed by atoms with van der Waals surface area (Å²) in [6.45, 7) is 5.63. The Bertz CT molecular complexity index is 428. The number of benzene rings is 1. The topological polar surface area (TPSA) is 58.4 Å². The van der Waals surface area contributed by atoms with Gasteiger partial charge in [-0.2, -0.15) is 0 Å². The van der Waals surface area contributed by atoms with Crippen molar-refractivity contribution in [1.29, 1.82) is 0 Å². The van der Waals surface area contributed by atoms with E-state index in [0.717, 1.165) is 25.2 Å². The Balaban J connectivity index is 2.16. The van der Waals surface area contributed by atoms with Crippen molar-refractivity contribution in [3.05, 3.63) is 33.9 Å². The Hall–Kier alpha value is -1.62. The second kappa shape index (κ2) is 5.82. The number of likely N-dealkylation sites (tertiary alicyclic amines) is 1. The van der Waals surface area contributed by atoms with E-state index in [2.05, 4.69) is 10.2 Å². The maximum Gasteiger partial charge on any atom is 0.292 e. The Morgan fingerprint density at radius 2 is 2.11 bits per heavy atom. The molecule has 0 aliphatic carbocycles. The van der Waals surface area contributed by atoms with Gasteiger partial charge < -0.3 is 5.32 Å². The van der Waals surface area contributed by atoms with E-state index in [1.807, 2.05) is 19.1 Å². The Morgan fingerprint density at radius 1 is 1.39 bits per heavy atom. The molecule has 0 atom stereocenters. The Kier molecular flexibility index (Phi) is 4.15. The molecular formula is C13H19N3O2. The van der Waals surface area contributed by atoms with Crippen LogP contribution in [-0.4, -0.2) is 29.5 Å². The predicted octanol–water partition coefficient (Wildman–Crippen LogP) is 2.62. The summed E-state index contributed by atoms with van der Waals surface area (Å²) < 4.78 is 0. The normalized spacial score (nSPS) is 15.8. The van der Waals surface area contributed by atoms with Gasteiger partial charge in [0.15, 0.2) is 0 Å². The average molecular weight is 249 g/mol. The summed E-state index contributed by atoms with van der Waals surface area (Å²) in [5.41, 5.74) is 1.80. The zero-order chi connectivity index (χ0) is 13.0. The van der Waals surface area contributed by atoms with Crippen molar-refractivity contribution in [3.63, 3.8) is 0 Å². The van der Waals surface area contributed by atoms with Gasteiger partial charge in [-0.25, -0.2) is 0 Å². The predicted molar refractivity (Wildman–Crippen MR) is 71.8 cm³/mol. The molecule has 0 amide bonds. The van der Waals surface area contributed by atoms with Gasteiger partial charge in [-0.05, 0) is 44.5 Å². The number of anilines is 1. The van der Waals surface area contributed by atoms with Crippen molar-refractivity contribution in [2.24, 2.45) is 0 Å². The minimum atomic E-state index is -0.314. The molecule has 0 saturated carbocycles. The number of nitro groups is 1. The number of hydrogen-bond acceptors (Lipinski definition) is 4. The third kappa shape index (κ3) is 2.98. The van der Waals surface area contributed by atoms with Gasteiger partial charge in [0.05, 0.1) is 4.92 Å². The van der Waals surface area contributed by atoms with E-state index in [1.165, 1.54) is 12.8 Å². The van der Waals surface area contributed by atoms with Crippen LogP contribution < -0.4 is 5.32 Å². The molecule has 1 N–H and O–H groups in total. The van der Waals surface area contributed by atoms with Crippen LogP contribution in [0, 0.1) is 10.1 Å². The average Bonchev–Trinajstić information content (AvgIpc) is 2.84. The van der Waals surface area contributed by atoms with Crippen molar-refractivity contribution in [1.82, 2.24) is 4.90 Å². The van der Waals surface area contributed by atoms with Crippen LogP contribution in [0.5, 0.6) is 0 Å². The van der Waals surface area contributed by atoms with Gasteiger partial charge in [-0.3, -0.25) is 15.0 Å². The molecule has 1 aliphatic heterocycles. The van der Waals surface area contributed by atoms with Gasteiger partial charge in [0.25, 0.3) is 5.69 Å². The highest BCUT2D eigenvalue weighted by molar-refractivity contribution is 5.62. The minimum absolute atomic E-state index is 0.175. The van der Waals surface area contributed by atoms with Gasteiger partial charge in [0.2, 0.25) is 0 Å². The molecule has 0 unspecified atom stereocenters. The molecule has 1 fully saturated rings. The van der Waals surface area contributed by atoms with Gasteiger partial charge >= 0.3 is 0 Å².